The number of hydrogen-bond donors (Lipinski definition) is 1. The molecule has 1 nitrogen and oxygen atoms in total. The molecule has 0 aliphatic heterocycles. The summed E-state index contributed by atoms with van der Waals surface area (Å²) in [6.45, 7) is 0. The highest BCUT2D eigenvalue weighted by Gasteiger charge is 2.13. The van der Waals surface area contributed by atoms with E-state index >= 15 is 0 Å². The Hall–Kier alpha value is -1.74. The summed E-state index contributed by atoms with van der Waals surface area (Å²) >= 11 is 0. The lowest BCUT2D eigenvalue weighted by Crippen LogP contribution is -2.13. The molecule has 0 bridgehead atoms. The van der Waals surface area contributed by atoms with Crippen LogP contribution in [0.25, 0.3) is 0 Å². The Morgan fingerprint density at radius 2 is 1.69 bits per heavy atom. The lowest BCUT2D eigenvalue weighted by Gasteiger charge is -2.13. The minimum absolute atomic E-state index is 0.369. The predicted octanol–water partition coefficient (Wildman–Crippen LogP) is 3.01. The summed E-state index contributed by atoms with van der Waals surface area (Å²) in [5, 5.41) is 0. The van der Waals surface area contributed by atoms with Crippen LogP contribution in [-0.4, -0.2) is 0 Å². The van der Waals surface area contributed by atoms with Crippen LogP contribution in [0, 0.1) is 11.6 Å². The first-order valence-electron chi connectivity index (χ1n) is 4.94. The second-order valence-electron chi connectivity index (χ2n) is 3.55. The Morgan fingerprint density at radius 3 is 2.38 bits per heavy atom. The van der Waals surface area contributed by atoms with Crippen molar-refractivity contribution in [2.24, 2.45) is 5.73 Å². The van der Waals surface area contributed by atoms with Gasteiger partial charge in [0, 0.05) is 5.56 Å². The van der Waals surface area contributed by atoms with Crippen LogP contribution in [0.4, 0.5) is 8.78 Å². The van der Waals surface area contributed by atoms with E-state index in [-0.39, 0.29) is 11.6 Å². The van der Waals surface area contributed by atoms with Gasteiger partial charge in [-0.25, -0.2) is 8.78 Å². The summed E-state index contributed by atoms with van der Waals surface area (Å²) < 4.78 is 26.4. The molecule has 0 amide bonds. The zero-order chi connectivity index (χ0) is 11.5. The van der Waals surface area contributed by atoms with E-state index in [0.29, 0.717) is 11.1 Å². The number of nitrogens with two attached hydrogens (primary N) is 1. The van der Waals surface area contributed by atoms with Gasteiger partial charge >= 0.3 is 0 Å². The highest BCUT2D eigenvalue weighted by Crippen LogP contribution is 2.22. The van der Waals surface area contributed by atoms with Crippen LogP contribution in [0.1, 0.15) is 17.2 Å². The summed E-state index contributed by atoms with van der Waals surface area (Å²) in [5.41, 5.74) is 6.81. The van der Waals surface area contributed by atoms with Gasteiger partial charge in [-0.1, -0.05) is 30.3 Å². The fourth-order valence-electron chi connectivity index (χ4n) is 1.61. The summed E-state index contributed by atoms with van der Waals surface area (Å²) in [5.74, 6) is -0.747. The van der Waals surface area contributed by atoms with Gasteiger partial charge in [-0.3, -0.25) is 0 Å². The van der Waals surface area contributed by atoms with Crippen molar-refractivity contribution in [3.8, 4) is 0 Å². The molecule has 0 fully saturated rings. The van der Waals surface area contributed by atoms with Gasteiger partial charge in [0.05, 0.1) is 6.04 Å². The Labute approximate surface area is 92.5 Å². The molecule has 0 heterocycles. The van der Waals surface area contributed by atoms with Crippen molar-refractivity contribution in [3.63, 3.8) is 0 Å². The van der Waals surface area contributed by atoms with Gasteiger partial charge in [-0.15, -0.1) is 0 Å². The van der Waals surface area contributed by atoms with Gasteiger partial charge in [0.2, 0.25) is 0 Å². The molecule has 0 saturated carbocycles. The molecule has 2 rings (SSSR count). The third-order valence-corrected chi connectivity index (χ3v) is 2.45. The van der Waals surface area contributed by atoms with Crippen molar-refractivity contribution < 1.29 is 8.78 Å². The van der Waals surface area contributed by atoms with Gasteiger partial charge in [-0.05, 0) is 23.8 Å². The molecule has 2 N–H and O–H groups in total. The van der Waals surface area contributed by atoms with Gasteiger partial charge in [0.1, 0.15) is 11.6 Å². The van der Waals surface area contributed by atoms with Crippen LogP contribution in [0.2, 0.25) is 0 Å². The third kappa shape index (κ3) is 2.09. The van der Waals surface area contributed by atoms with Crippen LogP contribution < -0.4 is 5.73 Å². The molecule has 1 atom stereocenters. The monoisotopic (exact) mass is 219 g/mol. The molecule has 0 aromatic heterocycles. The molecule has 0 radical (unpaired) electrons. The molecular weight excluding hydrogens is 208 g/mol. The fourth-order valence-corrected chi connectivity index (χ4v) is 1.61. The van der Waals surface area contributed by atoms with Crippen LogP contribution in [-0.2, 0) is 0 Å². The Kier molecular flexibility index (Phi) is 2.97. The van der Waals surface area contributed by atoms with E-state index in [9.17, 15) is 8.78 Å². The summed E-state index contributed by atoms with van der Waals surface area (Å²) in [6, 6.07) is 11.5. The van der Waals surface area contributed by atoms with Crippen molar-refractivity contribution in [3.05, 3.63) is 71.3 Å². The van der Waals surface area contributed by atoms with Crippen molar-refractivity contribution in [2.75, 3.05) is 0 Å². The largest absolute Gasteiger partial charge is 0.320 e. The van der Waals surface area contributed by atoms with E-state index < -0.39 is 6.04 Å². The lowest BCUT2D eigenvalue weighted by atomic mass is 9.99. The highest BCUT2D eigenvalue weighted by atomic mass is 19.1. The number of benzene rings is 2. The molecule has 0 saturated heterocycles. The zero-order valence-electron chi connectivity index (χ0n) is 8.53. The van der Waals surface area contributed by atoms with E-state index in [1.165, 1.54) is 18.2 Å². The van der Waals surface area contributed by atoms with Gasteiger partial charge < -0.3 is 5.73 Å². The molecule has 0 spiro atoms. The third-order valence-electron chi connectivity index (χ3n) is 2.45. The first-order valence-corrected chi connectivity index (χ1v) is 4.94. The summed E-state index contributed by atoms with van der Waals surface area (Å²) in [4.78, 5) is 0. The number of halogens is 2. The average Bonchev–Trinajstić information content (AvgIpc) is 2.29. The molecule has 0 aliphatic rings. The maximum absolute atomic E-state index is 13.5. The molecule has 2 aromatic carbocycles. The maximum Gasteiger partial charge on any atom is 0.128 e. The fraction of sp³-hybridized carbons (Fsp3) is 0.0769. The maximum atomic E-state index is 13.5. The molecule has 1 unspecified atom stereocenters. The summed E-state index contributed by atoms with van der Waals surface area (Å²) in [7, 11) is 0. The van der Waals surface area contributed by atoms with Crippen molar-refractivity contribution >= 4 is 0 Å². The first kappa shape index (κ1) is 10.8. The van der Waals surface area contributed by atoms with Crippen molar-refractivity contribution in [1.29, 1.82) is 0 Å². The molecule has 0 aliphatic carbocycles. The van der Waals surface area contributed by atoms with Crippen molar-refractivity contribution in [2.45, 2.75) is 6.04 Å². The molecule has 3 heteroatoms. The van der Waals surface area contributed by atoms with Gasteiger partial charge in [-0.2, -0.15) is 0 Å². The van der Waals surface area contributed by atoms with Crippen LogP contribution in [0.3, 0.4) is 0 Å². The van der Waals surface area contributed by atoms with Gasteiger partial charge in [0.15, 0.2) is 0 Å². The Morgan fingerprint density at radius 1 is 0.938 bits per heavy atom. The first-order chi connectivity index (χ1) is 7.68. The summed E-state index contributed by atoms with van der Waals surface area (Å²) in [6.07, 6.45) is 0. The number of hydrogen-bond acceptors (Lipinski definition) is 1. The molecular formula is C13H11F2N. The van der Waals surface area contributed by atoms with Crippen LogP contribution in [0.5, 0.6) is 0 Å². The quantitative estimate of drug-likeness (QED) is 0.825. The molecule has 82 valence electrons. The SMILES string of the molecule is NC(c1cccc(F)c1)c1ccccc1F. The predicted molar refractivity (Wildman–Crippen MR) is 58.8 cm³/mol. The molecule has 2 aromatic rings. The van der Waals surface area contributed by atoms with E-state index in [1.54, 1.807) is 30.3 Å². The van der Waals surface area contributed by atoms with Gasteiger partial charge in [0.25, 0.3) is 0 Å². The highest BCUT2D eigenvalue weighted by molar-refractivity contribution is 5.32. The lowest BCUT2D eigenvalue weighted by molar-refractivity contribution is 0.596. The standard InChI is InChI=1S/C13H11F2N/c14-10-5-3-4-9(8-10)13(16)11-6-1-2-7-12(11)15/h1-8,13H,16H2. The average molecular weight is 219 g/mol. The normalized spacial score (nSPS) is 12.4. The van der Waals surface area contributed by atoms with Crippen LogP contribution in [0.15, 0.2) is 48.5 Å². The van der Waals surface area contributed by atoms with E-state index in [2.05, 4.69) is 0 Å². The second-order valence-corrected chi connectivity index (χ2v) is 3.55. The topological polar surface area (TPSA) is 26.0 Å². The van der Waals surface area contributed by atoms with E-state index in [0.717, 1.165) is 0 Å². The second kappa shape index (κ2) is 4.41. The zero-order valence-corrected chi connectivity index (χ0v) is 8.53. The Balaban J connectivity index is 2.39. The van der Waals surface area contributed by atoms with E-state index in [1.807, 2.05) is 0 Å². The minimum Gasteiger partial charge on any atom is -0.320 e. The minimum atomic E-state index is -0.642. The van der Waals surface area contributed by atoms with Crippen molar-refractivity contribution in [1.82, 2.24) is 0 Å². The smallest absolute Gasteiger partial charge is 0.128 e. The van der Waals surface area contributed by atoms with E-state index in [4.69, 9.17) is 5.73 Å². The Bertz CT molecular complexity index is 497. The number of rotatable bonds is 2. The molecule has 16 heavy (non-hydrogen) atoms. The van der Waals surface area contributed by atoms with Crippen LogP contribution >= 0.6 is 0 Å².